The van der Waals surface area contributed by atoms with Crippen LogP contribution in [0.4, 0.5) is 0 Å². The van der Waals surface area contributed by atoms with E-state index in [9.17, 15) is 0 Å². The van der Waals surface area contributed by atoms with Gasteiger partial charge in [0.05, 0.1) is 6.61 Å². The molecule has 1 N–H and O–H groups in total. The Morgan fingerprint density at radius 3 is 2.24 bits per heavy atom. The van der Waals surface area contributed by atoms with E-state index < -0.39 is 0 Å². The second-order valence-corrected chi connectivity index (χ2v) is 7.52. The van der Waals surface area contributed by atoms with Gasteiger partial charge in [0.1, 0.15) is 5.75 Å². The molecule has 0 heterocycles. The molecule has 1 aliphatic carbocycles. The zero-order valence-electron chi connectivity index (χ0n) is 14.3. The number of nitrogens with one attached hydrogen (secondary N) is 1. The van der Waals surface area contributed by atoms with Crippen molar-refractivity contribution in [3.63, 3.8) is 0 Å². The molecule has 2 heteroatoms. The highest BCUT2D eigenvalue weighted by Gasteiger charge is 2.51. The van der Waals surface area contributed by atoms with Crippen molar-refractivity contribution in [2.45, 2.75) is 46.5 Å². The molecule has 0 amide bonds. The van der Waals surface area contributed by atoms with Crippen LogP contribution in [0.2, 0.25) is 0 Å². The molecule has 1 aromatic carbocycles. The Bertz CT molecular complexity index is 437. The molecule has 0 radical (unpaired) electrons. The van der Waals surface area contributed by atoms with Crippen molar-refractivity contribution in [2.75, 3.05) is 19.7 Å². The number of ether oxygens (including phenoxy) is 1. The van der Waals surface area contributed by atoms with Crippen molar-refractivity contribution < 1.29 is 4.74 Å². The van der Waals surface area contributed by atoms with Gasteiger partial charge in [-0.1, -0.05) is 46.8 Å². The summed E-state index contributed by atoms with van der Waals surface area (Å²) in [5, 5.41) is 3.64. The van der Waals surface area contributed by atoms with E-state index in [2.05, 4.69) is 64.2 Å². The van der Waals surface area contributed by atoms with Gasteiger partial charge in [-0.3, -0.25) is 0 Å². The lowest BCUT2D eigenvalue weighted by Gasteiger charge is -2.20. The first-order valence-corrected chi connectivity index (χ1v) is 8.38. The SMILES string of the molecule is CC(C)CNCC1(c2ccc(OCC(C)C)cc2)CC1C. The van der Waals surface area contributed by atoms with E-state index in [0.717, 1.165) is 31.4 Å². The quantitative estimate of drug-likeness (QED) is 0.772. The summed E-state index contributed by atoms with van der Waals surface area (Å²) in [6.07, 6.45) is 1.30. The summed E-state index contributed by atoms with van der Waals surface area (Å²) >= 11 is 0. The summed E-state index contributed by atoms with van der Waals surface area (Å²) in [4.78, 5) is 0. The molecule has 0 aliphatic heterocycles. The molecule has 2 atom stereocenters. The highest BCUT2D eigenvalue weighted by molar-refractivity contribution is 5.38. The standard InChI is InChI=1S/C19H31NO/c1-14(2)11-20-13-19(10-16(19)5)17-6-8-18(9-7-17)21-12-15(3)4/h6-9,14-16,20H,10-13H2,1-5H3. The molecule has 0 saturated heterocycles. The summed E-state index contributed by atoms with van der Waals surface area (Å²) in [6.45, 7) is 14.2. The van der Waals surface area contributed by atoms with Gasteiger partial charge in [-0.05, 0) is 48.4 Å². The largest absolute Gasteiger partial charge is 0.493 e. The van der Waals surface area contributed by atoms with E-state index in [4.69, 9.17) is 4.74 Å². The van der Waals surface area contributed by atoms with Gasteiger partial charge in [-0.2, -0.15) is 0 Å². The van der Waals surface area contributed by atoms with Crippen molar-refractivity contribution in [2.24, 2.45) is 17.8 Å². The Hall–Kier alpha value is -1.02. The van der Waals surface area contributed by atoms with E-state index in [0.29, 0.717) is 17.3 Å². The van der Waals surface area contributed by atoms with Crippen LogP contribution in [0.25, 0.3) is 0 Å². The Kier molecular flexibility index (Phi) is 5.32. The van der Waals surface area contributed by atoms with Crippen molar-refractivity contribution >= 4 is 0 Å². The predicted octanol–water partition coefficient (Wildman–Crippen LogP) is 4.24. The first-order chi connectivity index (χ1) is 9.94. The maximum absolute atomic E-state index is 5.78. The van der Waals surface area contributed by atoms with Crippen LogP contribution < -0.4 is 10.1 Å². The third-order valence-corrected chi connectivity index (χ3v) is 4.46. The van der Waals surface area contributed by atoms with Crippen LogP contribution in [0.3, 0.4) is 0 Å². The van der Waals surface area contributed by atoms with Gasteiger partial charge in [0.25, 0.3) is 0 Å². The zero-order valence-corrected chi connectivity index (χ0v) is 14.3. The van der Waals surface area contributed by atoms with E-state index in [1.165, 1.54) is 12.0 Å². The van der Waals surface area contributed by atoms with Crippen molar-refractivity contribution in [3.8, 4) is 5.75 Å². The van der Waals surface area contributed by atoms with Gasteiger partial charge in [-0.15, -0.1) is 0 Å². The number of hydrogen-bond acceptors (Lipinski definition) is 2. The molecule has 0 spiro atoms. The molecule has 2 nitrogen and oxygen atoms in total. The normalized spacial score (nSPS) is 24.6. The lowest BCUT2D eigenvalue weighted by molar-refractivity contribution is 0.271. The Labute approximate surface area is 130 Å². The molecule has 118 valence electrons. The highest BCUT2D eigenvalue weighted by Crippen LogP contribution is 2.53. The van der Waals surface area contributed by atoms with Crippen LogP contribution in [0.15, 0.2) is 24.3 Å². The van der Waals surface area contributed by atoms with E-state index in [1.807, 2.05) is 0 Å². The van der Waals surface area contributed by atoms with Crippen LogP contribution in [-0.4, -0.2) is 19.7 Å². The molecule has 2 rings (SSSR count). The highest BCUT2D eigenvalue weighted by atomic mass is 16.5. The molecule has 1 saturated carbocycles. The molecule has 1 aromatic rings. The summed E-state index contributed by atoms with van der Waals surface area (Å²) in [6, 6.07) is 8.78. The number of rotatable bonds is 8. The summed E-state index contributed by atoms with van der Waals surface area (Å²) in [5.74, 6) is 3.05. The van der Waals surface area contributed by atoms with Crippen LogP contribution >= 0.6 is 0 Å². The Morgan fingerprint density at radius 2 is 1.76 bits per heavy atom. The van der Waals surface area contributed by atoms with Gasteiger partial charge in [0.2, 0.25) is 0 Å². The smallest absolute Gasteiger partial charge is 0.119 e. The third kappa shape index (κ3) is 4.23. The molecule has 2 unspecified atom stereocenters. The predicted molar refractivity (Wildman–Crippen MR) is 89.9 cm³/mol. The molecule has 1 fully saturated rings. The zero-order chi connectivity index (χ0) is 15.5. The maximum Gasteiger partial charge on any atom is 0.119 e. The molecule has 0 bridgehead atoms. The first kappa shape index (κ1) is 16.4. The van der Waals surface area contributed by atoms with Gasteiger partial charge in [0.15, 0.2) is 0 Å². The van der Waals surface area contributed by atoms with Crippen LogP contribution in [0.1, 0.15) is 46.6 Å². The molecule has 0 aromatic heterocycles. The summed E-state index contributed by atoms with van der Waals surface area (Å²) in [7, 11) is 0. The lowest BCUT2D eigenvalue weighted by Crippen LogP contribution is -2.30. The van der Waals surface area contributed by atoms with E-state index in [1.54, 1.807) is 0 Å². The van der Waals surface area contributed by atoms with Gasteiger partial charge < -0.3 is 10.1 Å². The average molecular weight is 289 g/mol. The van der Waals surface area contributed by atoms with E-state index in [-0.39, 0.29) is 0 Å². The fourth-order valence-corrected chi connectivity index (χ4v) is 2.97. The number of benzene rings is 1. The fourth-order valence-electron chi connectivity index (χ4n) is 2.97. The van der Waals surface area contributed by atoms with Crippen molar-refractivity contribution in [1.82, 2.24) is 5.32 Å². The fraction of sp³-hybridized carbons (Fsp3) is 0.684. The topological polar surface area (TPSA) is 21.3 Å². The van der Waals surface area contributed by atoms with Gasteiger partial charge in [0, 0.05) is 12.0 Å². The average Bonchev–Trinajstić information content (AvgIpc) is 3.08. The summed E-state index contributed by atoms with van der Waals surface area (Å²) in [5.41, 5.74) is 1.81. The van der Waals surface area contributed by atoms with Crippen LogP contribution in [-0.2, 0) is 5.41 Å². The van der Waals surface area contributed by atoms with Crippen LogP contribution in [0, 0.1) is 17.8 Å². The van der Waals surface area contributed by atoms with Crippen LogP contribution in [0.5, 0.6) is 5.75 Å². The molecule has 21 heavy (non-hydrogen) atoms. The van der Waals surface area contributed by atoms with Crippen molar-refractivity contribution in [3.05, 3.63) is 29.8 Å². The Morgan fingerprint density at radius 1 is 1.14 bits per heavy atom. The van der Waals surface area contributed by atoms with Crippen molar-refractivity contribution in [1.29, 1.82) is 0 Å². The molecular formula is C19H31NO. The maximum atomic E-state index is 5.78. The van der Waals surface area contributed by atoms with Gasteiger partial charge in [-0.25, -0.2) is 0 Å². The minimum absolute atomic E-state index is 0.353. The minimum Gasteiger partial charge on any atom is -0.493 e. The van der Waals surface area contributed by atoms with Gasteiger partial charge >= 0.3 is 0 Å². The summed E-state index contributed by atoms with van der Waals surface area (Å²) < 4.78 is 5.78. The second-order valence-electron chi connectivity index (χ2n) is 7.52. The number of hydrogen-bond donors (Lipinski definition) is 1. The Balaban J connectivity index is 1.96. The lowest BCUT2D eigenvalue weighted by atomic mass is 9.93. The molecular weight excluding hydrogens is 258 g/mol. The second kappa shape index (κ2) is 6.83. The monoisotopic (exact) mass is 289 g/mol. The molecule has 1 aliphatic rings. The minimum atomic E-state index is 0.353. The van der Waals surface area contributed by atoms with E-state index >= 15 is 0 Å². The first-order valence-electron chi connectivity index (χ1n) is 8.38. The third-order valence-electron chi connectivity index (χ3n) is 4.46.